The molecule has 0 aliphatic carbocycles. The summed E-state index contributed by atoms with van der Waals surface area (Å²) in [5, 5.41) is 27.4. The number of amidine groups is 1. The standard InChI is InChI=1S/C17H17N8O7S2Se/c1-32-23-9(7-5-35-16(18)20-7)12(27)21-10-13(28)24-11(15(29)30)6(3-33-14(10)24)4-34-17-19-2-8(26)22-25(17)31/h5,10,14H,2-4H2,1H3,(H2,18,20)(H,21,27)(H,22,26)(H,29,30)/q-1/b23-9-/t10-,14-/m1/s1. The summed E-state index contributed by atoms with van der Waals surface area (Å²) in [5.41, 5.74) is 8.02. The van der Waals surface area contributed by atoms with Crippen LogP contribution < -0.4 is 16.5 Å². The number of hydrazine groups is 1. The quantitative estimate of drug-likeness (QED) is 0.115. The predicted octanol–water partition coefficient (Wildman–Crippen LogP) is -2.26. The summed E-state index contributed by atoms with van der Waals surface area (Å²) >= 11 is 1.99. The van der Waals surface area contributed by atoms with Gasteiger partial charge in [-0.1, -0.05) is 0 Å². The number of aromatic nitrogens is 1. The number of amides is 3. The van der Waals surface area contributed by atoms with Gasteiger partial charge in [0.2, 0.25) is 0 Å². The number of nitrogens with one attached hydrogen (secondary N) is 2. The first-order valence-electron chi connectivity index (χ1n) is 9.68. The van der Waals surface area contributed by atoms with E-state index in [1.807, 2.05) is 0 Å². The average Bonchev–Trinajstić information content (AvgIpc) is 3.25. The summed E-state index contributed by atoms with van der Waals surface area (Å²) in [4.78, 5) is 64.3. The Hall–Kier alpha value is -3.05. The SMILES string of the molecule is CO/N=C(\C(=O)N[C@@H]1C(=O)N2C(C(=O)O)=C(CSC3=NCC(=O)NN3[O-])CS[C@H]12)c1c[se]c(N)n1. The van der Waals surface area contributed by atoms with Crippen molar-refractivity contribution in [1.29, 1.82) is 0 Å². The van der Waals surface area contributed by atoms with Gasteiger partial charge >= 0.3 is 169 Å². The van der Waals surface area contributed by atoms with Gasteiger partial charge in [0.15, 0.2) is 5.17 Å². The number of hydrogen-bond acceptors (Lipinski definition) is 13. The van der Waals surface area contributed by atoms with E-state index in [0.717, 1.165) is 16.7 Å². The molecule has 35 heavy (non-hydrogen) atoms. The summed E-state index contributed by atoms with van der Waals surface area (Å²) in [6.07, 6.45) is 0. The second-order valence-electron chi connectivity index (χ2n) is 7.03. The average molecular weight is 588 g/mol. The van der Waals surface area contributed by atoms with E-state index in [1.165, 1.54) is 18.9 Å². The molecule has 0 spiro atoms. The molecule has 0 saturated carbocycles. The van der Waals surface area contributed by atoms with Crippen LogP contribution in [0.5, 0.6) is 0 Å². The monoisotopic (exact) mass is 589 g/mol. The Morgan fingerprint density at radius 1 is 1.51 bits per heavy atom. The second kappa shape index (κ2) is 10.3. The number of nitrogens with two attached hydrogens (primary N) is 1. The number of carbonyl (C=O) groups is 4. The number of hydrogen-bond donors (Lipinski definition) is 4. The first-order valence-corrected chi connectivity index (χ1v) is 13.6. The summed E-state index contributed by atoms with van der Waals surface area (Å²) < 4.78 is 0.362. The number of nitrogens with zero attached hydrogens (tertiary/aromatic N) is 5. The Labute approximate surface area is 211 Å². The number of carboxylic acid groups (broad SMARTS) is 1. The first-order chi connectivity index (χ1) is 16.7. The number of anilines is 1. The van der Waals surface area contributed by atoms with Crippen LogP contribution in [0, 0.1) is 5.21 Å². The van der Waals surface area contributed by atoms with Crippen LogP contribution in [-0.4, -0.2) is 106 Å². The fourth-order valence-electron chi connectivity index (χ4n) is 3.35. The molecule has 15 nitrogen and oxygen atoms in total. The van der Waals surface area contributed by atoms with Crippen molar-refractivity contribution in [3.05, 3.63) is 27.1 Å². The summed E-state index contributed by atoms with van der Waals surface area (Å²) in [7, 11) is 1.26. The van der Waals surface area contributed by atoms with Crippen molar-refractivity contribution in [3.63, 3.8) is 0 Å². The number of fused-ring (bicyclic) bond motifs is 1. The van der Waals surface area contributed by atoms with E-state index in [1.54, 1.807) is 4.94 Å². The van der Waals surface area contributed by atoms with Crippen molar-refractivity contribution in [2.45, 2.75) is 11.4 Å². The molecule has 0 radical (unpaired) electrons. The molecule has 3 aliphatic heterocycles. The van der Waals surface area contributed by atoms with Crippen molar-refractivity contribution in [2.75, 3.05) is 30.9 Å². The first kappa shape index (κ1) is 25.1. The van der Waals surface area contributed by atoms with Crippen LogP contribution in [0.2, 0.25) is 0 Å². The molecule has 1 aromatic rings. The predicted molar refractivity (Wildman–Crippen MR) is 127 cm³/mol. The van der Waals surface area contributed by atoms with E-state index in [0.29, 0.717) is 10.3 Å². The molecule has 3 aliphatic rings. The third-order valence-electron chi connectivity index (χ3n) is 4.83. The number of oxime groups is 1. The Morgan fingerprint density at radius 2 is 2.29 bits per heavy atom. The molecule has 2 atom stereocenters. The zero-order valence-electron chi connectivity index (χ0n) is 17.8. The maximum atomic E-state index is 12.9. The van der Waals surface area contributed by atoms with Crippen LogP contribution in [0.25, 0.3) is 0 Å². The van der Waals surface area contributed by atoms with E-state index in [9.17, 15) is 29.5 Å². The molecule has 1 aromatic heterocycles. The number of carbonyl (C=O) groups excluding carboxylic acids is 3. The van der Waals surface area contributed by atoms with Gasteiger partial charge in [-0.25, -0.2) is 0 Å². The van der Waals surface area contributed by atoms with Gasteiger partial charge in [0.25, 0.3) is 5.91 Å². The van der Waals surface area contributed by atoms with Crippen LogP contribution in [0.15, 0.2) is 26.4 Å². The molecular formula is C17H17N8O7S2Se-. The second-order valence-corrected chi connectivity index (χ2v) is 10.9. The van der Waals surface area contributed by atoms with E-state index in [2.05, 4.69) is 25.9 Å². The Kier molecular flexibility index (Phi) is 7.36. The molecule has 186 valence electrons. The normalized spacial score (nSPS) is 22.2. The van der Waals surface area contributed by atoms with Gasteiger partial charge in [-0.3, -0.25) is 15.2 Å². The number of thioether (sulfide) groups is 2. The third kappa shape index (κ3) is 5.01. The number of carboxylic acids is 1. The molecule has 0 aromatic carbocycles. The van der Waals surface area contributed by atoms with Crippen molar-refractivity contribution >= 4 is 77.3 Å². The third-order valence-corrected chi connectivity index (χ3v) is 8.63. The number of aliphatic carboxylic acids is 1. The molecule has 4 heterocycles. The van der Waals surface area contributed by atoms with Crippen LogP contribution in [-0.2, 0) is 24.0 Å². The van der Waals surface area contributed by atoms with E-state index < -0.39 is 35.1 Å². The molecular weight excluding hydrogens is 571 g/mol. The minimum absolute atomic E-state index is 0.0233. The molecule has 1 saturated heterocycles. The summed E-state index contributed by atoms with van der Waals surface area (Å²) in [6.45, 7) is -0.209. The summed E-state index contributed by atoms with van der Waals surface area (Å²) in [5.74, 6) is -2.87. The molecule has 0 bridgehead atoms. The van der Waals surface area contributed by atoms with Crippen molar-refractivity contribution in [3.8, 4) is 0 Å². The molecule has 5 N–H and O–H groups in total. The topological polar surface area (TPSA) is 215 Å². The zero-order valence-corrected chi connectivity index (χ0v) is 21.1. The van der Waals surface area contributed by atoms with Crippen LogP contribution in [0.1, 0.15) is 5.69 Å². The zero-order chi connectivity index (χ0) is 25.3. The number of rotatable bonds is 7. The van der Waals surface area contributed by atoms with Gasteiger partial charge < -0.3 is 10.4 Å². The van der Waals surface area contributed by atoms with Crippen LogP contribution in [0.4, 0.5) is 4.69 Å². The van der Waals surface area contributed by atoms with Gasteiger partial charge in [0.05, 0.1) is 0 Å². The van der Waals surface area contributed by atoms with Crippen molar-refractivity contribution < 1.29 is 29.1 Å². The molecule has 1 fully saturated rings. The van der Waals surface area contributed by atoms with E-state index in [4.69, 9.17) is 10.6 Å². The van der Waals surface area contributed by atoms with Crippen LogP contribution in [0.3, 0.4) is 0 Å². The van der Waals surface area contributed by atoms with Gasteiger partial charge in [-0.15, -0.1) is 0 Å². The Bertz CT molecular complexity index is 1180. The number of aliphatic imine (C=N–C) groups is 1. The van der Waals surface area contributed by atoms with Gasteiger partial charge in [-0.05, 0) is 0 Å². The van der Waals surface area contributed by atoms with Crippen molar-refractivity contribution in [1.82, 2.24) is 25.8 Å². The van der Waals surface area contributed by atoms with E-state index >= 15 is 0 Å². The molecule has 3 amide bonds. The van der Waals surface area contributed by atoms with Crippen LogP contribution >= 0.6 is 23.5 Å². The Morgan fingerprint density at radius 3 is 2.91 bits per heavy atom. The summed E-state index contributed by atoms with van der Waals surface area (Å²) in [6, 6.07) is -0.984. The van der Waals surface area contributed by atoms with Crippen molar-refractivity contribution in [2.24, 2.45) is 10.1 Å². The fourth-order valence-corrected chi connectivity index (χ4v) is 6.84. The molecule has 4 rings (SSSR count). The number of nitrogen functional groups attached to an aromatic ring is 1. The minimum atomic E-state index is -1.31. The van der Waals surface area contributed by atoms with Gasteiger partial charge in [0, 0.05) is 0 Å². The maximum absolute atomic E-state index is 12.9. The van der Waals surface area contributed by atoms with Gasteiger partial charge in [0.1, 0.15) is 6.54 Å². The fraction of sp³-hybridized carbons (Fsp3) is 0.353. The Balaban J connectivity index is 1.47. The molecule has 18 heteroatoms. The number of β-lactam (4-membered cyclic amide) rings is 1. The van der Waals surface area contributed by atoms with E-state index in [-0.39, 0.29) is 60.0 Å². The molecule has 0 unspecified atom stereocenters. The van der Waals surface area contributed by atoms with Gasteiger partial charge in [-0.2, -0.15) is 0 Å². The number of hydroxylamine groups is 1.